The Balaban J connectivity index is 2.64. The standard InChI is InChI=1S/C12H19NO/c1-3-4-8-12(13)10-6-5-7-11(9-10)14-2/h5-7,9,12H,3-4,8,13H2,1-2H3/t12-/m1/s1. The van der Waals surface area contributed by atoms with E-state index in [4.69, 9.17) is 10.5 Å². The monoisotopic (exact) mass is 193 g/mol. The number of nitrogens with two attached hydrogens (primary N) is 1. The van der Waals surface area contributed by atoms with E-state index in [1.54, 1.807) is 7.11 Å². The van der Waals surface area contributed by atoms with Crippen molar-refractivity contribution in [3.05, 3.63) is 29.8 Å². The minimum absolute atomic E-state index is 0.144. The zero-order valence-electron chi connectivity index (χ0n) is 8.99. The molecular formula is C12H19NO. The maximum Gasteiger partial charge on any atom is 0.119 e. The highest BCUT2D eigenvalue weighted by Gasteiger charge is 2.05. The fraction of sp³-hybridized carbons (Fsp3) is 0.500. The van der Waals surface area contributed by atoms with E-state index in [1.165, 1.54) is 12.8 Å². The third kappa shape index (κ3) is 3.04. The Hall–Kier alpha value is -1.02. The molecule has 1 aromatic rings. The summed E-state index contributed by atoms with van der Waals surface area (Å²) in [7, 11) is 1.68. The molecule has 0 unspecified atom stereocenters. The van der Waals surface area contributed by atoms with E-state index in [1.807, 2.05) is 18.2 Å². The van der Waals surface area contributed by atoms with Crippen molar-refractivity contribution in [2.45, 2.75) is 32.2 Å². The van der Waals surface area contributed by atoms with Crippen LogP contribution >= 0.6 is 0 Å². The Morgan fingerprint density at radius 2 is 2.21 bits per heavy atom. The topological polar surface area (TPSA) is 35.2 Å². The number of benzene rings is 1. The number of hydrogen-bond acceptors (Lipinski definition) is 2. The first-order valence-corrected chi connectivity index (χ1v) is 5.17. The molecule has 2 N–H and O–H groups in total. The van der Waals surface area contributed by atoms with Crippen LogP contribution in [0, 0.1) is 0 Å². The van der Waals surface area contributed by atoms with Gasteiger partial charge in [0.15, 0.2) is 0 Å². The largest absolute Gasteiger partial charge is 0.497 e. The molecule has 0 fully saturated rings. The van der Waals surface area contributed by atoms with Crippen LogP contribution in [0.5, 0.6) is 5.75 Å². The molecule has 2 heteroatoms. The summed E-state index contributed by atoms with van der Waals surface area (Å²) in [5.41, 5.74) is 7.21. The van der Waals surface area contributed by atoms with Crippen molar-refractivity contribution in [1.29, 1.82) is 0 Å². The van der Waals surface area contributed by atoms with Gasteiger partial charge in [0, 0.05) is 6.04 Å². The molecule has 1 aromatic carbocycles. The minimum Gasteiger partial charge on any atom is -0.497 e. The van der Waals surface area contributed by atoms with Crippen molar-refractivity contribution >= 4 is 0 Å². The molecule has 78 valence electrons. The summed E-state index contributed by atoms with van der Waals surface area (Å²) in [6.45, 7) is 2.18. The maximum atomic E-state index is 6.05. The van der Waals surface area contributed by atoms with Crippen LogP contribution in [0.1, 0.15) is 37.8 Å². The Labute approximate surface area is 86.1 Å². The van der Waals surface area contributed by atoms with Gasteiger partial charge in [-0.2, -0.15) is 0 Å². The molecule has 1 rings (SSSR count). The van der Waals surface area contributed by atoms with Gasteiger partial charge in [0.05, 0.1) is 7.11 Å². The molecule has 1 atom stereocenters. The minimum atomic E-state index is 0.144. The number of hydrogen-bond donors (Lipinski definition) is 1. The second-order valence-electron chi connectivity index (χ2n) is 3.53. The van der Waals surface area contributed by atoms with Gasteiger partial charge in [0.2, 0.25) is 0 Å². The highest BCUT2D eigenvalue weighted by Crippen LogP contribution is 2.20. The van der Waals surface area contributed by atoms with Gasteiger partial charge in [-0.25, -0.2) is 0 Å². The molecule has 0 spiro atoms. The van der Waals surface area contributed by atoms with Crippen molar-refractivity contribution in [2.24, 2.45) is 5.73 Å². The molecule has 0 radical (unpaired) electrons. The second-order valence-corrected chi connectivity index (χ2v) is 3.53. The molecule has 0 amide bonds. The maximum absolute atomic E-state index is 6.05. The van der Waals surface area contributed by atoms with Gasteiger partial charge < -0.3 is 10.5 Å². The third-order valence-corrected chi connectivity index (χ3v) is 2.39. The van der Waals surface area contributed by atoms with Gasteiger partial charge in [0.25, 0.3) is 0 Å². The highest BCUT2D eigenvalue weighted by atomic mass is 16.5. The quantitative estimate of drug-likeness (QED) is 0.780. The summed E-state index contributed by atoms with van der Waals surface area (Å²) in [5.74, 6) is 0.884. The molecule has 0 aliphatic rings. The fourth-order valence-electron chi connectivity index (χ4n) is 1.46. The summed E-state index contributed by atoms with van der Waals surface area (Å²) >= 11 is 0. The lowest BCUT2D eigenvalue weighted by Crippen LogP contribution is -2.09. The average Bonchev–Trinajstić information content (AvgIpc) is 2.26. The van der Waals surface area contributed by atoms with E-state index in [0.717, 1.165) is 17.7 Å². The smallest absolute Gasteiger partial charge is 0.119 e. The Morgan fingerprint density at radius 1 is 1.43 bits per heavy atom. The Bertz CT molecular complexity index is 273. The summed E-state index contributed by atoms with van der Waals surface area (Å²) in [4.78, 5) is 0. The summed E-state index contributed by atoms with van der Waals surface area (Å²) in [6, 6.07) is 8.14. The van der Waals surface area contributed by atoms with Crippen LogP contribution in [0.3, 0.4) is 0 Å². The predicted molar refractivity (Wildman–Crippen MR) is 59.4 cm³/mol. The van der Waals surface area contributed by atoms with Crippen LogP contribution in [0.4, 0.5) is 0 Å². The summed E-state index contributed by atoms with van der Waals surface area (Å²) < 4.78 is 5.15. The summed E-state index contributed by atoms with van der Waals surface area (Å²) in [6.07, 6.45) is 3.42. The first-order chi connectivity index (χ1) is 6.77. The van der Waals surface area contributed by atoms with E-state index in [0.29, 0.717) is 0 Å². The van der Waals surface area contributed by atoms with Gasteiger partial charge >= 0.3 is 0 Å². The third-order valence-electron chi connectivity index (χ3n) is 2.39. The van der Waals surface area contributed by atoms with Crippen LogP contribution in [-0.2, 0) is 0 Å². The van der Waals surface area contributed by atoms with E-state index in [9.17, 15) is 0 Å². The lowest BCUT2D eigenvalue weighted by molar-refractivity contribution is 0.413. The first-order valence-electron chi connectivity index (χ1n) is 5.17. The highest BCUT2D eigenvalue weighted by molar-refractivity contribution is 5.30. The molecule has 0 saturated heterocycles. The Morgan fingerprint density at radius 3 is 2.86 bits per heavy atom. The molecule has 0 aliphatic heterocycles. The van der Waals surface area contributed by atoms with Crippen LogP contribution in [0.15, 0.2) is 24.3 Å². The van der Waals surface area contributed by atoms with Crippen molar-refractivity contribution in [1.82, 2.24) is 0 Å². The van der Waals surface area contributed by atoms with Crippen LogP contribution in [0.2, 0.25) is 0 Å². The second kappa shape index (κ2) is 5.66. The normalized spacial score (nSPS) is 12.5. The summed E-state index contributed by atoms with van der Waals surface area (Å²) in [5, 5.41) is 0. The lowest BCUT2D eigenvalue weighted by atomic mass is 10.0. The van der Waals surface area contributed by atoms with Crippen LogP contribution < -0.4 is 10.5 Å². The fourth-order valence-corrected chi connectivity index (χ4v) is 1.46. The van der Waals surface area contributed by atoms with Crippen molar-refractivity contribution in [2.75, 3.05) is 7.11 Å². The van der Waals surface area contributed by atoms with Crippen molar-refractivity contribution in [3.63, 3.8) is 0 Å². The van der Waals surface area contributed by atoms with Gasteiger partial charge in [0.1, 0.15) is 5.75 Å². The SMILES string of the molecule is CCCC[C@@H](N)c1cccc(OC)c1. The lowest BCUT2D eigenvalue weighted by Gasteiger charge is -2.12. The van der Waals surface area contributed by atoms with Crippen LogP contribution in [-0.4, -0.2) is 7.11 Å². The molecule has 0 bridgehead atoms. The van der Waals surface area contributed by atoms with Crippen molar-refractivity contribution in [3.8, 4) is 5.75 Å². The average molecular weight is 193 g/mol. The molecule has 14 heavy (non-hydrogen) atoms. The molecule has 0 heterocycles. The predicted octanol–water partition coefficient (Wildman–Crippen LogP) is 2.89. The molecule has 2 nitrogen and oxygen atoms in total. The molecular weight excluding hydrogens is 174 g/mol. The number of methoxy groups -OCH3 is 1. The van der Waals surface area contributed by atoms with E-state index >= 15 is 0 Å². The molecule has 0 aliphatic carbocycles. The first kappa shape index (κ1) is 11.1. The van der Waals surface area contributed by atoms with E-state index in [2.05, 4.69) is 13.0 Å². The molecule has 0 aromatic heterocycles. The zero-order chi connectivity index (χ0) is 10.4. The number of unbranched alkanes of at least 4 members (excludes halogenated alkanes) is 1. The van der Waals surface area contributed by atoms with Gasteiger partial charge in [-0.15, -0.1) is 0 Å². The number of rotatable bonds is 5. The van der Waals surface area contributed by atoms with E-state index < -0.39 is 0 Å². The number of ether oxygens (including phenoxy) is 1. The van der Waals surface area contributed by atoms with Crippen molar-refractivity contribution < 1.29 is 4.74 Å². The van der Waals surface area contributed by atoms with Gasteiger partial charge in [-0.05, 0) is 24.1 Å². The molecule has 0 saturated carbocycles. The van der Waals surface area contributed by atoms with Crippen LogP contribution in [0.25, 0.3) is 0 Å². The van der Waals surface area contributed by atoms with Gasteiger partial charge in [-0.1, -0.05) is 31.9 Å². The Kier molecular flexibility index (Phi) is 4.47. The van der Waals surface area contributed by atoms with E-state index in [-0.39, 0.29) is 6.04 Å². The van der Waals surface area contributed by atoms with Gasteiger partial charge in [-0.3, -0.25) is 0 Å². The zero-order valence-corrected chi connectivity index (χ0v) is 8.99.